The maximum Gasteiger partial charge on any atom is 0.243 e. The molecule has 0 atom stereocenters. The number of nitrogens with zero attached hydrogens (tertiary/aromatic N) is 3. The van der Waals surface area contributed by atoms with Crippen molar-refractivity contribution in [2.24, 2.45) is 0 Å². The van der Waals surface area contributed by atoms with Gasteiger partial charge in [-0.15, -0.1) is 0 Å². The van der Waals surface area contributed by atoms with Gasteiger partial charge in [0.15, 0.2) is 11.5 Å². The third kappa shape index (κ3) is 4.98. The Morgan fingerprint density at radius 3 is 2.43 bits per heavy atom. The van der Waals surface area contributed by atoms with Crippen molar-refractivity contribution in [1.82, 2.24) is 14.1 Å². The Morgan fingerprint density at radius 1 is 0.914 bits per heavy atom. The zero-order chi connectivity index (χ0) is 24.4. The molecule has 1 amide bonds. The fourth-order valence-corrected chi connectivity index (χ4v) is 5.98. The van der Waals surface area contributed by atoms with Crippen LogP contribution in [0.4, 0.5) is 0 Å². The zero-order valence-electron chi connectivity index (χ0n) is 19.7. The van der Waals surface area contributed by atoms with Crippen LogP contribution in [0.5, 0.6) is 11.5 Å². The molecule has 0 spiro atoms. The first-order chi connectivity index (χ1) is 16.9. The van der Waals surface area contributed by atoms with E-state index in [1.54, 1.807) is 30.0 Å². The summed E-state index contributed by atoms with van der Waals surface area (Å²) >= 11 is 0. The van der Waals surface area contributed by atoms with E-state index in [2.05, 4.69) is 4.90 Å². The van der Waals surface area contributed by atoms with Crippen molar-refractivity contribution in [2.75, 3.05) is 46.1 Å². The molecule has 0 aliphatic carbocycles. The van der Waals surface area contributed by atoms with Crippen LogP contribution >= 0.6 is 0 Å². The molecule has 0 saturated carbocycles. The second kappa shape index (κ2) is 9.85. The van der Waals surface area contributed by atoms with Crippen LogP contribution in [0.25, 0.3) is 10.8 Å². The van der Waals surface area contributed by atoms with Crippen LogP contribution in [-0.4, -0.2) is 74.5 Å². The van der Waals surface area contributed by atoms with Gasteiger partial charge in [0.1, 0.15) is 0 Å². The smallest absolute Gasteiger partial charge is 0.243 e. The van der Waals surface area contributed by atoms with Gasteiger partial charge in [-0.25, -0.2) is 8.42 Å². The third-order valence-electron chi connectivity index (χ3n) is 6.59. The standard InChI is InChI=1S/C26H29N3O5S/c1-2-29(35(31,32)23-9-8-21-5-3-4-6-22(21)16-23)18-26(30)28-13-11-27(12-14-28)17-20-7-10-24-25(15-20)34-19-33-24/h3-10,15-16H,2,11-14,17-19H2,1H3. The predicted octanol–water partition coefficient (Wildman–Crippen LogP) is 2.92. The number of fused-ring (bicyclic) bond motifs is 2. The van der Waals surface area contributed by atoms with Crippen LogP contribution in [-0.2, 0) is 21.4 Å². The normalized spacial score (nSPS) is 16.2. The Hall–Kier alpha value is -3.14. The van der Waals surface area contributed by atoms with Gasteiger partial charge in [-0.3, -0.25) is 9.69 Å². The van der Waals surface area contributed by atoms with Gasteiger partial charge in [0.05, 0.1) is 11.4 Å². The molecule has 3 aromatic carbocycles. The van der Waals surface area contributed by atoms with E-state index in [0.717, 1.165) is 47.5 Å². The summed E-state index contributed by atoms with van der Waals surface area (Å²) in [6.45, 7) is 5.43. The molecule has 5 rings (SSSR count). The summed E-state index contributed by atoms with van der Waals surface area (Å²) in [7, 11) is -3.78. The first kappa shape index (κ1) is 23.6. The number of sulfonamides is 1. The summed E-state index contributed by atoms with van der Waals surface area (Å²) in [5.74, 6) is 1.37. The van der Waals surface area contributed by atoms with E-state index in [4.69, 9.17) is 9.47 Å². The summed E-state index contributed by atoms with van der Waals surface area (Å²) in [4.78, 5) is 17.3. The molecule has 0 N–H and O–H groups in total. The molecule has 0 aromatic heterocycles. The minimum absolute atomic E-state index is 0.159. The average molecular weight is 496 g/mol. The Labute approximate surface area is 205 Å². The molecule has 3 aromatic rings. The maximum absolute atomic E-state index is 13.3. The Morgan fingerprint density at radius 2 is 1.66 bits per heavy atom. The SMILES string of the molecule is CCN(CC(=O)N1CCN(Cc2ccc3c(c2)OCO3)CC1)S(=O)(=O)c1ccc2ccccc2c1. The number of carbonyl (C=O) groups excluding carboxylic acids is 1. The first-order valence-electron chi connectivity index (χ1n) is 11.8. The van der Waals surface area contributed by atoms with Crippen LogP contribution in [0.3, 0.4) is 0 Å². The van der Waals surface area contributed by atoms with Crippen LogP contribution < -0.4 is 9.47 Å². The van der Waals surface area contributed by atoms with E-state index < -0.39 is 10.0 Å². The molecule has 0 bridgehead atoms. The number of ether oxygens (including phenoxy) is 2. The van der Waals surface area contributed by atoms with Crippen LogP contribution in [0, 0.1) is 0 Å². The lowest BCUT2D eigenvalue weighted by molar-refractivity contribution is -0.133. The number of benzene rings is 3. The van der Waals surface area contributed by atoms with E-state index in [1.807, 2.05) is 42.5 Å². The van der Waals surface area contributed by atoms with Crippen molar-refractivity contribution in [2.45, 2.75) is 18.4 Å². The van der Waals surface area contributed by atoms with E-state index in [-0.39, 0.29) is 30.7 Å². The number of hydrogen-bond acceptors (Lipinski definition) is 6. The number of amides is 1. The molecule has 8 nitrogen and oxygen atoms in total. The highest BCUT2D eigenvalue weighted by atomic mass is 32.2. The number of hydrogen-bond donors (Lipinski definition) is 0. The van der Waals surface area contributed by atoms with Gasteiger partial charge in [0.2, 0.25) is 22.7 Å². The second-order valence-electron chi connectivity index (χ2n) is 8.78. The minimum Gasteiger partial charge on any atom is -0.454 e. The van der Waals surface area contributed by atoms with Crippen molar-refractivity contribution in [3.8, 4) is 11.5 Å². The van der Waals surface area contributed by atoms with Crippen molar-refractivity contribution in [3.63, 3.8) is 0 Å². The quantitative estimate of drug-likeness (QED) is 0.502. The van der Waals surface area contributed by atoms with Gasteiger partial charge in [-0.2, -0.15) is 4.31 Å². The van der Waals surface area contributed by atoms with E-state index in [9.17, 15) is 13.2 Å². The fraction of sp³-hybridized carbons (Fsp3) is 0.346. The van der Waals surface area contributed by atoms with Gasteiger partial charge in [-0.05, 0) is 40.6 Å². The van der Waals surface area contributed by atoms with Crippen molar-refractivity contribution in [1.29, 1.82) is 0 Å². The number of likely N-dealkylation sites (N-methyl/N-ethyl adjacent to an activating group) is 1. The summed E-state index contributed by atoms with van der Waals surface area (Å²) in [5, 5.41) is 1.83. The third-order valence-corrected chi connectivity index (χ3v) is 8.51. The highest BCUT2D eigenvalue weighted by molar-refractivity contribution is 7.89. The Bertz CT molecular complexity index is 1340. The topological polar surface area (TPSA) is 79.4 Å². The lowest BCUT2D eigenvalue weighted by atomic mass is 10.1. The lowest BCUT2D eigenvalue weighted by Gasteiger charge is -2.35. The Balaban J connectivity index is 1.19. The first-order valence-corrected chi connectivity index (χ1v) is 13.3. The predicted molar refractivity (Wildman–Crippen MR) is 133 cm³/mol. The number of rotatable bonds is 7. The summed E-state index contributed by atoms with van der Waals surface area (Å²) in [5.41, 5.74) is 1.13. The molecule has 0 radical (unpaired) electrons. The molecule has 1 saturated heterocycles. The largest absolute Gasteiger partial charge is 0.454 e. The van der Waals surface area contributed by atoms with Crippen LogP contribution in [0.2, 0.25) is 0 Å². The molecular weight excluding hydrogens is 466 g/mol. The summed E-state index contributed by atoms with van der Waals surface area (Å²) in [6, 6.07) is 18.7. The van der Waals surface area contributed by atoms with E-state index >= 15 is 0 Å². The Kier molecular flexibility index (Phi) is 6.64. The molecule has 2 aliphatic rings. The highest BCUT2D eigenvalue weighted by Crippen LogP contribution is 2.33. The van der Waals surface area contributed by atoms with E-state index in [1.165, 1.54) is 4.31 Å². The van der Waals surface area contributed by atoms with Crippen molar-refractivity contribution >= 4 is 26.7 Å². The van der Waals surface area contributed by atoms with Gasteiger partial charge in [0, 0.05) is 39.3 Å². The monoisotopic (exact) mass is 495 g/mol. The van der Waals surface area contributed by atoms with Gasteiger partial charge >= 0.3 is 0 Å². The molecule has 2 heterocycles. The second-order valence-corrected chi connectivity index (χ2v) is 10.7. The highest BCUT2D eigenvalue weighted by Gasteiger charge is 2.29. The summed E-state index contributed by atoms with van der Waals surface area (Å²) in [6.07, 6.45) is 0. The lowest BCUT2D eigenvalue weighted by Crippen LogP contribution is -2.51. The molecule has 35 heavy (non-hydrogen) atoms. The molecular formula is C26H29N3O5S. The molecule has 1 fully saturated rings. The average Bonchev–Trinajstić information content (AvgIpc) is 3.35. The van der Waals surface area contributed by atoms with E-state index in [0.29, 0.717) is 13.1 Å². The van der Waals surface area contributed by atoms with Gasteiger partial charge in [0.25, 0.3) is 0 Å². The zero-order valence-corrected chi connectivity index (χ0v) is 20.5. The fourth-order valence-electron chi connectivity index (χ4n) is 4.55. The van der Waals surface area contributed by atoms with Gasteiger partial charge in [-0.1, -0.05) is 43.3 Å². The molecule has 0 unspecified atom stereocenters. The number of piperazine rings is 1. The van der Waals surface area contributed by atoms with Gasteiger partial charge < -0.3 is 14.4 Å². The molecule has 184 valence electrons. The van der Waals surface area contributed by atoms with Crippen LogP contribution in [0.15, 0.2) is 65.6 Å². The summed E-state index contributed by atoms with van der Waals surface area (Å²) < 4.78 is 38.7. The molecule has 9 heteroatoms. The van der Waals surface area contributed by atoms with Crippen molar-refractivity contribution < 1.29 is 22.7 Å². The van der Waals surface area contributed by atoms with Crippen LogP contribution in [0.1, 0.15) is 12.5 Å². The molecule has 2 aliphatic heterocycles. The maximum atomic E-state index is 13.3. The minimum atomic E-state index is -3.78. The number of carbonyl (C=O) groups is 1. The van der Waals surface area contributed by atoms with Crippen molar-refractivity contribution in [3.05, 3.63) is 66.2 Å².